The van der Waals surface area contributed by atoms with Gasteiger partial charge in [-0.05, 0) is 72.1 Å². The minimum atomic E-state index is -0.431. The monoisotopic (exact) mass is 338 g/mol. The van der Waals surface area contributed by atoms with Crippen molar-refractivity contribution < 1.29 is 14.3 Å². The molecule has 1 aliphatic carbocycles. The van der Waals surface area contributed by atoms with Crippen LogP contribution in [0.5, 0.6) is 0 Å². The number of hydrogen-bond donors (Lipinski definition) is 1. The molecule has 138 valence electrons. The Labute approximate surface area is 146 Å². The van der Waals surface area contributed by atoms with Gasteiger partial charge < -0.3 is 19.7 Å². The molecule has 0 aromatic carbocycles. The molecule has 2 aliphatic heterocycles. The Kier molecular flexibility index (Phi) is 5.40. The first-order chi connectivity index (χ1) is 11.3. The van der Waals surface area contributed by atoms with Crippen LogP contribution in [0.1, 0.15) is 66.2 Å². The summed E-state index contributed by atoms with van der Waals surface area (Å²) in [6, 6.07) is 1.05. The van der Waals surface area contributed by atoms with E-state index < -0.39 is 5.60 Å². The molecule has 0 radical (unpaired) electrons. The van der Waals surface area contributed by atoms with Gasteiger partial charge >= 0.3 is 6.09 Å². The van der Waals surface area contributed by atoms with Crippen molar-refractivity contribution in [2.75, 3.05) is 13.2 Å². The fourth-order valence-electron chi connectivity index (χ4n) is 4.12. The number of nitrogens with zero attached hydrogens (tertiary/aromatic N) is 1. The predicted molar refractivity (Wildman–Crippen MR) is 94.0 cm³/mol. The molecule has 2 saturated heterocycles. The van der Waals surface area contributed by atoms with Crippen LogP contribution < -0.4 is 5.32 Å². The Balaban J connectivity index is 1.53. The molecule has 1 saturated carbocycles. The van der Waals surface area contributed by atoms with Crippen LogP contribution in [0, 0.1) is 5.92 Å². The average molecular weight is 338 g/mol. The number of carbonyl (C=O) groups is 1. The molecule has 5 nitrogen and oxygen atoms in total. The van der Waals surface area contributed by atoms with Gasteiger partial charge in [-0.3, -0.25) is 0 Å². The highest BCUT2D eigenvalue weighted by Gasteiger charge is 2.39. The molecule has 3 unspecified atom stereocenters. The Morgan fingerprint density at radius 3 is 2.67 bits per heavy atom. The zero-order valence-electron chi connectivity index (χ0n) is 15.7. The molecule has 24 heavy (non-hydrogen) atoms. The first-order valence-corrected chi connectivity index (χ1v) is 9.71. The lowest BCUT2D eigenvalue weighted by Crippen LogP contribution is -2.53. The summed E-state index contributed by atoms with van der Waals surface area (Å²) in [5, 5.41) is 3.79. The van der Waals surface area contributed by atoms with Gasteiger partial charge in [-0.15, -0.1) is 0 Å². The lowest BCUT2D eigenvalue weighted by molar-refractivity contribution is -0.0152. The zero-order chi connectivity index (χ0) is 17.3. The van der Waals surface area contributed by atoms with Gasteiger partial charge in [0.05, 0.1) is 12.1 Å². The molecule has 3 fully saturated rings. The predicted octanol–water partition coefficient (Wildman–Crippen LogP) is 3.32. The van der Waals surface area contributed by atoms with Crippen molar-refractivity contribution in [2.24, 2.45) is 5.92 Å². The third-order valence-electron chi connectivity index (χ3n) is 5.47. The summed E-state index contributed by atoms with van der Waals surface area (Å²) in [5.74, 6) is 0.801. The number of ether oxygens (including phenoxy) is 2. The molecular weight excluding hydrogens is 304 g/mol. The molecule has 0 aromatic heterocycles. The third-order valence-corrected chi connectivity index (χ3v) is 5.47. The lowest BCUT2D eigenvalue weighted by Gasteiger charge is -2.36. The molecule has 0 bridgehead atoms. The molecule has 0 spiro atoms. The van der Waals surface area contributed by atoms with Gasteiger partial charge in [0.1, 0.15) is 5.60 Å². The van der Waals surface area contributed by atoms with Gasteiger partial charge in [0.25, 0.3) is 0 Å². The Bertz CT molecular complexity index is 444. The van der Waals surface area contributed by atoms with Crippen molar-refractivity contribution in [3.05, 3.63) is 0 Å². The fraction of sp³-hybridized carbons (Fsp3) is 0.947. The van der Waals surface area contributed by atoms with E-state index in [0.29, 0.717) is 18.2 Å². The minimum absolute atomic E-state index is 0.165. The van der Waals surface area contributed by atoms with E-state index in [1.54, 1.807) is 0 Å². The maximum absolute atomic E-state index is 12.5. The van der Waals surface area contributed by atoms with Gasteiger partial charge in [-0.2, -0.15) is 0 Å². The summed E-state index contributed by atoms with van der Waals surface area (Å²) >= 11 is 0. The largest absolute Gasteiger partial charge is 0.444 e. The topological polar surface area (TPSA) is 50.8 Å². The van der Waals surface area contributed by atoms with E-state index in [9.17, 15) is 4.79 Å². The van der Waals surface area contributed by atoms with Crippen molar-refractivity contribution in [1.82, 2.24) is 10.2 Å². The maximum atomic E-state index is 12.5. The van der Waals surface area contributed by atoms with Crippen LogP contribution in [0.15, 0.2) is 0 Å². The van der Waals surface area contributed by atoms with Crippen LogP contribution in [0.25, 0.3) is 0 Å². The van der Waals surface area contributed by atoms with E-state index in [-0.39, 0.29) is 12.1 Å². The number of nitrogens with one attached hydrogen (secondary N) is 1. The van der Waals surface area contributed by atoms with E-state index in [1.165, 1.54) is 12.8 Å². The molecule has 4 atom stereocenters. The highest BCUT2D eigenvalue weighted by Crippen LogP contribution is 2.38. The Morgan fingerprint density at radius 2 is 2.00 bits per heavy atom. The number of hydrogen-bond acceptors (Lipinski definition) is 4. The second-order valence-corrected chi connectivity index (χ2v) is 8.81. The fourth-order valence-corrected chi connectivity index (χ4v) is 4.12. The standard InChI is InChI=1S/C19H34N2O3/c1-13(20-15-9-11-23-17(12-15)14-7-8-14)16-6-5-10-21(16)18(22)24-19(2,3)4/h13-17,20H,5-12H2,1-4H3/t13?,15?,16-,17?/m1/s1. The van der Waals surface area contributed by atoms with Crippen molar-refractivity contribution in [2.45, 2.75) is 96.1 Å². The smallest absolute Gasteiger partial charge is 0.410 e. The molecule has 3 rings (SSSR count). The number of likely N-dealkylation sites (tertiary alicyclic amines) is 1. The molecular formula is C19H34N2O3. The number of amides is 1. The van der Waals surface area contributed by atoms with Crippen LogP contribution in [0.3, 0.4) is 0 Å². The maximum Gasteiger partial charge on any atom is 0.410 e. The highest BCUT2D eigenvalue weighted by atomic mass is 16.6. The van der Waals surface area contributed by atoms with E-state index in [2.05, 4.69) is 12.2 Å². The van der Waals surface area contributed by atoms with Crippen LogP contribution >= 0.6 is 0 Å². The first kappa shape index (κ1) is 18.0. The van der Waals surface area contributed by atoms with Crippen LogP contribution in [-0.4, -0.2) is 54.0 Å². The summed E-state index contributed by atoms with van der Waals surface area (Å²) in [4.78, 5) is 14.4. The van der Waals surface area contributed by atoms with E-state index in [4.69, 9.17) is 9.47 Å². The molecule has 2 heterocycles. The van der Waals surface area contributed by atoms with Gasteiger partial charge in [-0.1, -0.05) is 0 Å². The Hall–Kier alpha value is -0.810. The molecule has 0 aromatic rings. The average Bonchev–Trinajstić information content (AvgIpc) is 3.22. The first-order valence-electron chi connectivity index (χ1n) is 9.71. The lowest BCUT2D eigenvalue weighted by atomic mass is 9.97. The van der Waals surface area contributed by atoms with Crippen molar-refractivity contribution >= 4 is 6.09 Å². The summed E-state index contributed by atoms with van der Waals surface area (Å²) < 4.78 is 11.5. The van der Waals surface area contributed by atoms with Crippen molar-refractivity contribution in [3.63, 3.8) is 0 Å². The normalized spacial score (nSPS) is 32.7. The van der Waals surface area contributed by atoms with Gasteiger partial charge in [0.15, 0.2) is 0 Å². The molecule has 5 heteroatoms. The van der Waals surface area contributed by atoms with Gasteiger partial charge in [-0.25, -0.2) is 4.79 Å². The number of rotatable bonds is 4. The molecule has 1 N–H and O–H groups in total. The summed E-state index contributed by atoms with van der Waals surface area (Å²) in [5.41, 5.74) is -0.431. The molecule has 1 amide bonds. The second kappa shape index (κ2) is 7.20. The quantitative estimate of drug-likeness (QED) is 0.854. The summed E-state index contributed by atoms with van der Waals surface area (Å²) in [6.45, 7) is 9.68. The van der Waals surface area contributed by atoms with Gasteiger partial charge in [0, 0.05) is 25.2 Å². The van der Waals surface area contributed by atoms with Gasteiger partial charge in [0.2, 0.25) is 0 Å². The van der Waals surface area contributed by atoms with E-state index in [0.717, 1.165) is 44.8 Å². The highest BCUT2D eigenvalue weighted by molar-refractivity contribution is 5.69. The SMILES string of the molecule is CC(NC1CCOC(C2CC2)C1)[C@H]1CCCN1C(=O)OC(C)(C)C. The zero-order valence-corrected chi connectivity index (χ0v) is 15.7. The third kappa shape index (κ3) is 4.63. The van der Waals surface area contributed by atoms with Crippen LogP contribution in [0.4, 0.5) is 4.79 Å². The van der Waals surface area contributed by atoms with E-state index >= 15 is 0 Å². The molecule has 3 aliphatic rings. The second-order valence-electron chi connectivity index (χ2n) is 8.81. The number of carbonyl (C=O) groups excluding carboxylic acids is 1. The van der Waals surface area contributed by atoms with Crippen LogP contribution in [0.2, 0.25) is 0 Å². The van der Waals surface area contributed by atoms with Crippen molar-refractivity contribution in [1.29, 1.82) is 0 Å². The van der Waals surface area contributed by atoms with Crippen molar-refractivity contribution in [3.8, 4) is 0 Å². The minimum Gasteiger partial charge on any atom is -0.444 e. The summed E-state index contributed by atoms with van der Waals surface area (Å²) in [7, 11) is 0. The van der Waals surface area contributed by atoms with Crippen LogP contribution in [-0.2, 0) is 9.47 Å². The summed E-state index contributed by atoms with van der Waals surface area (Å²) in [6.07, 6.45) is 7.28. The Morgan fingerprint density at radius 1 is 1.25 bits per heavy atom. The van der Waals surface area contributed by atoms with E-state index in [1.807, 2.05) is 25.7 Å².